The number of carboxylic acids is 1. The Morgan fingerprint density at radius 3 is 2.56 bits per heavy atom. The summed E-state index contributed by atoms with van der Waals surface area (Å²) in [6.45, 7) is 2.20. The van der Waals surface area contributed by atoms with E-state index in [0.29, 0.717) is 18.1 Å². The molecule has 0 spiro atoms. The standard InChI is InChI=1S/C12H16O4/c1-9(7-12(13)14)8-16-11-6-4-3-5-10(11)15-2/h3-6,9H,7-8H2,1-2H3,(H,13,14). The van der Waals surface area contributed by atoms with Crippen LogP contribution in [0.25, 0.3) is 0 Å². The van der Waals surface area contributed by atoms with E-state index in [1.54, 1.807) is 19.2 Å². The van der Waals surface area contributed by atoms with Crippen molar-refractivity contribution >= 4 is 5.97 Å². The molecule has 0 radical (unpaired) electrons. The second-order valence-electron chi connectivity index (χ2n) is 3.66. The molecular weight excluding hydrogens is 208 g/mol. The highest BCUT2D eigenvalue weighted by atomic mass is 16.5. The molecule has 1 rings (SSSR count). The summed E-state index contributed by atoms with van der Waals surface area (Å²) < 4.78 is 10.6. The highest BCUT2D eigenvalue weighted by Crippen LogP contribution is 2.26. The van der Waals surface area contributed by atoms with Crippen LogP contribution in [0.1, 0.15) is 13.3 Å². The third-order valence-corrected chi connectivity index (χ3v) is 2.12. The molecular formula is C12H16O4. The molecule has 0 fully saturated rings. The average Bonchev–Trinajstić information content (AvgIpc) is 2.26. The smallest absolute Gasteiger partial charge is 0.303 e. The van der Waals surface area contributed by atoms with Gasteiger partial charge in [0.1, 0.15) is 0 Å². The maximum Gasteiger partial charge on any atom is 0.303 e. The van der Waals surface area contributed by atoms with Crippen molar-refractivity contribution in [1.82, 2.24) is 0 Å². The van der Waals surface area contributed by atoms with E-state index in [9.17, 15) is 4.79 Å². The first-order valence-electron chi connectivity index (χ1n) is 5.11. The van der Waals surface area contributed by atoms with Crippen LogP contribution < -0.4 is 9.47 Å². The molecule has 0 bridgehead atoms. The molecule has 0 amide bonds. The summed E-state index contributed by atoms with van der Waals surface area (Å²) in [5.41, 5.74) is 0. The number of aliphatic carboxylic acids is 1. The van der Waals surface area contributed by atoms with Gasteiger partial charge in [0, 0.05) is 5.92 Å². The van der Waals surface area contributed by atoms with E-state index < -0.39 is 5.97 Å². The molecule has 0 aromatic heterocycles. The van der Waals surface area contributed by atoms with E-state index in [0.717, 1.165) is 0 Å². The van der Waals surface area contributed by atoms with Crippen LogP contribution in [0.5, 0.6) is 11.5 Å². The Bertz CT molecular complexity index is 349. The molecule has 4 nitrogen and oxygen atoms in total. The van der Waals surface area contributed by atoms with Crippen molar-refractivity contribution < 1.29 is 19.4 Å². The lowest BCUT2D eigenvalue weighted by molar-refractivity contribution is -0.138. The van der Waals surface area contributed by atoms with Gasteiger partial charge in [0.25, 0.3) is 0 Å². The van der Waals surface area contributed by atoms with Gasteiger partial charge >= 0.3 is 5.97 Å². The number of rotatable bonds is 6. The monoisotopic (exact) mass is 224 g/mol. The zero-order chi connectivity index (χ0) is 12.0. The fraction of sp³-hybridized carbons (Fsp3) is 0.417. The zero-order valence-corrected chi connectivity index (χ0v) is 9.47. The zero-order valence-electron chi connectivity index (χ0n) is 9.47. The molecule has 0 aliphatic heterocycles. The maximum absolute atomic E-state index is 10.5. The number of hydrogen-bond donors (Lipinski definition) is 1. The first-order chi connectivity index (χ1) is 7.63. The molecule has 0 saturated heterocycles. The summed E-state index contributed by atoms with van der Waals surface area (Å²) in [5, 5.41) is 8.60. The summed E-state index contributed by atoms with van der Waals surface area (Å²) in [7, 11) is 1.57. The van der Waals surface area contributed by atoms with Crippen LogP contribution in [0.4, 0.5) is 0 Å². The van der Waals surface area contributed by atoms with Crippen LogP contribution in [-0.2, 0) is 4.79 Å². The molecule has 1 aromatic rings. The molecule has 0 heterocycles. The SMILES string of the molecule is COc1ccccc1OCC(C)CC(=O)O. The number of methoxy groups -OCH3 is 1. The topological polar surface area (TPSA) is 55.8 Å². The number of ether oxygens (including phenoxy) is 2. The lowest BCUT2D eigenvalue weighted by atomic mass is 10.1. The van der Waals surface area contributed by atoms with E-state index in [-0.39, 0.29) is 12.3 Å². The molecule has 1 unspecified atom stereocenters. The van der Waals surface area contributed by atoms with Gasteiger partial charge in [0.2, 0.25) is 0 Å². The number of para-hydroxylation sites is 2. The number of carboxylic acid groups (broad SMARTS) is 1. The van der Waals surface area contributed by atoms with Gasteiger partial charge in [-0.2, -0.15) is 0 Å². The van der Waals surface area contributed by atoms with Crippen molar-refractivity contribution in [2.45, 2.75) is 13.3 Å². The molecule has 1 aromatic carbocycles. The molecule has 4 heteroatoms. The normalized spacial score (nSPS) is 11.9. The molecule has 0 aliphatic carbocycles. The fourth-order valence-electron chi connectivity index (χ4n) is 1.33. The molecule has 88 valence electrons. The minimum Gasteiger partial charge on any atom is -0.493 e. The Labute approximate surface area is 94.8 Å². The van der Waals surface area contributed by atoms with E-state index >= 15 is 0 Å². The number of hydrogen-bond acceptors (Lipinski definition) is 3. The van der Waals surface area contributed by atoms with Crippen molar-refractivity contribution in [2.75, 3.05) is 13.7 Å². The fourth-order valence-corrected chi connectivity index (χ4v) is 1.33. The summed E-state index contributed by atoms with van der Waals surface area (Å²) in [5.74, 6) is 0.464. The number of benzene rings is 1. The Morgan fingerprint density at radius 2 is 2.00 bits per heavy atom. The van der Waals surface area contributed by atoms with Gasteiger partial charge in [-0.15, -0.1) is 0 Å². The Kier molecular flexibility index (Phi) is 4.64. The third-order valence-electron chi connectivity index (χ3n) is 2.12. The minimum absolute atomic E-state index is 0.0255. The number of carbonyl (C=O) groups is 1. The van der Waals surface area contributed by atoms with E-state index in [1.807, 2.05) is 19.1 Å². The van der Waals surface area contributed by atoms with Gasteiger partial charge in [-0.1, -0.05) is 19.1 Å². The van der Waals surface area contributed by atoms with Crippen LogP contribution >= 0.6 is 0 Å². The predicted octanol–water partition coefficient (Wildman–Crippen LogP) is 2.18. The van der Waals surface area contributed by atoms with Crippen molar-refractivity contribution in [2.24, 2.45) is 5.92 Å². The third kappa shape index (κ3) is 3.81. The van der Waals surface area contributed by atoms with Crippen LogP contribution in [0, 0.1) is 5.92 Å². The Balaban J connectivity index is 2.50. The first kappa shape index (κ1) is 12.4. The van der Waals surface area contributed by atoms with Gasteiger partial charge in [-0.25, -0.2) is 0 Å². The van der Waals surface area contributed by atoms with Gasteiger partial charge in [-0.3, -0.25) is 4.79 Å². The summed E-state index contributed by atoms with van der Waals surface area (Å²) in [6, 6.07) is 7.30. The van der Waals surface area contributed by atoms with Gasteiger partial charge < -0.3 is 14.6 Å². The molecule has 1 atom stereocenters. The summed E-state index contributed by atoms with van der Waals surface area (Å²) in [4.78, 5) is 10.5. The Morgan fingerprint density at radius 1 is 1.38 bits per heavy atom. The van der Waals surface area contributed by atoms with Crippen molar-refractivity contribution in [3.63, 3.8) is 0 Å². The Hall–Kier alpha value is -1.71. The predicted molar refractivity (Wildman–Crippen MR) is 59.9 cm³/mol. The van der Waals surface area contributed by atoms with E-state index in [1.165, 1.54) is 0 Å². The van der Waals surface area contributed by atoms with Crippen molar-refractivity contribution in [1.29, 1.82) is 0 Å². The quantitative estimate of drug-likeness (QED) is 0.804. The van der Waals surface area contributed by atoms with Crippen LogP contribution in [0.2, 0.25) is 0 Å². The molecule has 0 aliphatic rings. The maximum atomic E-state index is 10.5. The lowest BCUT2D eigenvalue weighted by Crippen LogP contribution is -2.13. The second-order valence-corrected chi connectivity index (χ2v) is 3.66. The van der Waals surface area contributed by atoms with Crippen molar-refractivity contribution in [3.05, 3.63) is 24.3 Å². The van der Waals surface area contributed by atoms with Gasteiger partial charge in [0.05, 0.1) is 20.1 Å². The average molecular weight is 224 g/mol. The summed E-state index contributed by atoms with van der Waals surface area (Å²) in [6.07, 6.45) is 0.106. The van der Waals surface area contributed by atoms with E-state index in [4.69, 9.17) is 14.6 Å². The first-order valence-corrected chi connectivity index (χ1v) is 5.11. The van der Waals surface area contributed by atoms with Crippen LogP contribution in [-0.4, -0.2) is 24.8 Å². The highest BCUT2D eigenvalue weighted by Gasteiger charge is 2.09. The van der Waals surface area contributed by atoms with Crippen molar-refractivity contribution in [3.8, 4) is 11.5 Å². The van der Waals surface area contributed by atoms with Crippen LogP contribution in [0.3, 0.4) is 0 Å². The van der Waals surface area contributed by atoms with Gasteiger partial charge in [0.15, 0.2) is 11.5 Å². The highest BCUT2D eigenvalue weighted by molar-refractivity contribution is 5.66. The van der Waals surface area contributed by atoms with E-state index in [2.05, 4.69) is 0 Å². The van der Waals surface area contributed by atoms with Crippen LogP contribution in [0.15, 0.2) is 24.3 Å². The second kappa shape index (κ2) is 6.00. The lowest BCUT2D eigenvalue weighted by Gasteiger charge is -2.13. The van der Waals surface area contributed by atoms with Gasteiger partial charge in [-0.05, 0) is 12.1 Å². The summed E-state index contributed by atoms with van der Waals surface area (Å²) >= 11 is 0. The molecule has 1 N–H and O–H groups in total. The minimum atomic E-state index is -0.809. The molecule has 0 saturated carbocycles. The largest absolute Gasteiger partial charge is 0.493 e. The molecule has 16 heavy (non-hydrogen) atoms.